The maximum atomic E-state index is 12.9. The Morgan fingerprint density at radius 2 is 1.46 bits per heavy atom. The van der Waals surface area contributed by atoms with Crippen LogP contribution in [0.25, 0.3) is 0 Å². The highest BCUT2D eigenvalue weighted by molar-refractivity contribution is 5.89. The largest absolute Gasteiger partial charge is 0.341 e. The van der Waals surface area contributed by atoms with Gasteiger partial charge in [-0.3, -0.25) is 9.59 Å². The topological polar surface area (TPSA) is 49.4 Å². The van der Waals surface area contributed by atoms with Crippen molar-refractivity contribution in [1.29, 1.82) is 0 Å². The van der Waals surface area contributed by atoms with Gasteiger partial charge in [0.2, 0.25) is 11.8 Å². The molecule has 0 aliphatic carbocycles. The van der Waals surface area contributed by atoms with E-state index in [1.165, 1.54) is 0 Å². The molecule has 2 aromatic rings. The maximum Gasteiger partial charge on any atom is 0.249 e. The van der Waals surface area contributed by atoms with Crippen molar-refractivity contribution in [3.63, 3.8) is 0 Å². The Morgan fingerprint density at radius 1 is 0.923 bits per heavy atom. The zero-order chi connectivity index (χ0) is 18.9. The molecule has 0 aliphatic rings. The summed E-state index contributed by atoms with van der Waals surface area (Å²) in [5, 5.41) is 2.97. The van der Waals surface area contributed by atoms with Gasteiger partial charge in [-0.1, -0.05) is 67.6 Å². The van der Waals surface area contributed by atoms with Crippen LogP contribution in [0.1, 0.15) is 37.9 Å². The van der Waals surface area contributed by atoms with Crippen molar-refractivity contribution in [1.82, 2.24) is 10.2 Å². The van der Waals surface area contributed by atoms with Crippen LogP contribution in [0, 0.1) is 5.92 Å². The molecule has 2 rings (SSSR count). The van der Waals surface area contributed by atoms with Gasteiger partial charge in [-0.15, -0.1) is 0 Å². The SMILES string of the molecule is CCN(CC)C(=O)[C@@H](NC(=O)C(C)Cc1ccccc1)c1ccccc1. The first-order chi connectivity index (χ1) is 12.6. The van der Waals surface area contributed by atoms with E-state index in [4.69, 9.17) is 0 Å². The maximum absolute atomic E-state index is 12.9. The number of carbonyl (C=O) groups is 2. The van der Waals surface area contributed by atoms with Gasteiger partial charge in [0.1, 0.15) is 6.04 Å². The lowest BCUT2D eigenvalue weighted by molar-refractivity contribution is -0.137. The highest BCUT2D eigenvalue weighted by Crippen LogP contribution is 2.18. The summed E-state index contributed by atoms with van der Waals surface area (Å²) in [6.07, 6.45) is 0.646. The monoisotopic (exact) mass is 352 g/mol. The second-order valence-corrected chi connectivity index (χ2v) is 6.45. The smallest absolute Gasteiger partial charge is 0.249 e. The zero-order valence-electron chi connectivity index (χ0n) is 15.8. The van der Waals surface area contributed by atoms with Crippen LogP contribution in [0.3, 0.4) is 0 Å². The Balaban J connectivity index is 2.15. The van der Waals surface area contributed by atoms with Crippen LogP contribution in [0.2, 0.25) is 0 Å². The van der Waals surface area contributed by atoms with E-state index >= 15 is 0 Å². The summed E-state index contributed by atoms with van der Waals surface area (Å²) in [5.74, 6) is -0.391. The molecule has 138 valence electrons. The van der Waals surface area contributed by atoms with Gasteiger partial charge in [0, 0.05) is 19.0 Å². The number of likely N-dealkylation sites (N-methyl/N-ethyl adjacent to an activating group) is 1. The lowest BCUT2D eigenvalue weighted by Crippen LogP contribution is -2.44. The molecular formula is C22H28N2O2. The molecule has 1 unspecified atom stereocenters. The highest BCUT2D eigenvalue weighted by atomic mass is 16.2. The van der Waals surface area contributed by atoms with Crippen molar-refractivity contribution in [2.24, 2.45) is 5.92 Å². The van der Waals surface area contributed by atoms with Crippen molar-refractivity contribution in [2.75, 3.05) is 13.1 Å². The molecule has 1 N–H and O–H groups in total. The summed E-state index contributed by atoms with van der Waals surface area (Å²) in [6, 6.07) is 18.7. The fourth-order valence-corrected chi connectivity index (χ4v) is 3.00. The number of hydrogen-bond acceptors (Lipinski definition) is 2. The Kier molecular flexibility index (Phi) is 7.39. The fourth-order valence-electron chi connectivity index (χ4n) is 3.00. The number of carbonyl (C=O) groups excluding carboxylic acids is 2. The fraction of sp³-hybridized carbons (Fsp3) is 0.364. The van der Waals surface area contributed by atoms with Gasteiger partial charge in [0.25, 0.3) is 0 Å². The van der Waals surface area contributed by atoms with Crippen LogP contribution in [-0.2, 0) is 16.0 Å². The molecule has 0 saturated heterocycles. The van der Waals surface area contributed by atoms with Crippen LogP contribution < -0.4 is 5.32 Å². The number of nitrogens with one attached hydrogen (secondary N) is 1. The van der Waals surface area contributed by atoms with Gasteiger partial charge in [-0.05, 0) is 31.4 Å². The van der Waals surface area contributed by atoms with Crippen LogP contribution in [-0.4, -0.2) is 29.8 Å². The van der Waals surface area contributed by atoms with E-state index in [9.17, 15) is 9.59 Å². The predicted molar refractivity (Wildman–Crippen MR) is 105 cm³/mol. The zero-order valence-corrected chi connectivity index (χ0v) is 15.8. The molecular weight excluding hydrogens is 324 g/mol. The van der Waals surface area contributed by atoms with E-state index in [-0.39, 0.29) is 17.7 Å². The standard InChI is InChI=1S/C22H28N2O2/c1-4-24(5-2)22(26)20(19-14-10-7-11-15-19)23-21(25)17(3)16-18-12-8-6-9-13-18/h6-15,17,20H,4-5,16H2,1-3H3,(H,23,25)/t17?,20-/m0/s1. The number of hydrogen-bond donors (Lipinski definition) is 1. The Morgan fingerprint density at radius 3 is 2.00 bits per heavy atom. The molecule has 0 fully saturated rings. The molecule has 4 heteroatoms. The van der Waals surface area contributed by atoms with Crippen molar-refractivity contribution in [2.45, 2.75) is 33.2 Å². The minimum absolute atomic E-state index is 0.0681. The third-order valence-corrected chi connectivity index (χ3v) is 4.57. The lowest BCUT2D eigenvalue weighted by Gasteiger charge is -2.27. The Labute approximate surface area is 156 Å². The van der Waals surface area contributed by atoms with Crippen molar-refractivity contribution >= 4 is 11.8 Å². The van der Waals surface area contributed by atoms with Crippen LogP contribution in [0.5, 0.6) is 0 Å². The molecule has 2 atom stereocenters. The van der Waals surface area contributed by atoms with Gasteiger partial charge in [-0.2, -0.15) is 0 Å². The third kappa shape index (κ3) is 5.19. The first kappa shape index (κ1) is 19.7. The first-order valence-electron chi connectivity index (χ1n) is 9.24. The molecule has 0 spiro atoms. The van der Waals surface area contributed by atoms with Gasteiger partial charge < -0.3 is 10.2 Å². The summed E-state index contributed by atoms with van der Waals surface area (Å²) < 4.78 is 0. The van der Waals surface area contributed by atoms with E-state index in [0.717, 1.165) is 11.1 Å². The van der Waals surface area contributed by atoms with E-state index in [0.29, 0.717) is 19.5 Å². The lowest BCUT2D eigenvalue weighted by atomic mass is 9.98. The van der Waals surface area contributed by atoms with Crippen molar-refractivity contribution in [3.8, 4) is 0 Å². The number of benzene rings is 2. The molecule has 2 amide bonds. The quantitative estimate of drug-likeness (QED) is 0.789. The number of nitrogens with zero attached hydrogens (tertiary/aromatic N) is 1. The van der Waals surface area contributed by atoms with Gasteiger partial charge in [-0.25, -0.2) is 0 Å². The molecule has 4 nitrogen and oxygen atoms in total. The van der Waals surface area contributed by atoms with E-state index in [1.807, 2.05) is 81.4 Å². The minimum Gasteiger partial charge on any atom is -0.341 e. The molecule has 0 aliphatic heterocycles. The third-order valence-electron chi connectivity index (χ3n) is 4.57. The van der Waals surface area contributed by atoms with Crippen molar-refractivity contribution < 1.29 is 9.59 Å². The second kappa shape index (κ2) is 9.76. The average Bonchev–Trinajstić information content (AvgIpc) is 2.68. The average molecular weight is 352 g/mol. The van der Waals surface area contributed by atoms with Gasteiger partial charge in [0.15, 0.2) is 0 Å². The van der Waals surface area contributed by atoms with Crippen LogP contribution >= 0.6 is 0 Å². The summed E-state index contributed by atoms with van der Waals surface area (Å²) >= 11 is 0. The van der Waals surface area contributed by atoms with Crippen molar-refractivity contribution in [3.05, 3.63) is 71.8 Å². The van der Waals surface area contributed by atoms with E-state index in [2.05, 4.69) is 5.32 Å². The molecule has 0 heterocycles. The molecule has 0 saturated carbocycles. The number of rotatable bonds is 8. The summed E-state index contributed by atoms with van der Waals surface area (Å²) in [6.45, 7) is 7.03. The predicted octanol–water partition coefficient (Wildman–Crippen LogP) is 3.59. The highest BCUT2D eigenvalue weighted by Gasteiger charge is 2.27. The summed E-state index contributed by atoms with van der Waals surface area (Å²) in [7, 11) is 0. The molecule has 0 bridgehead atoms. The summed E-state index contributed by atoms with van der Waals surface area (Å²) in [4.78, 5) is 27.4. The minimum atomic E-state index is -0.651. The summed E-state index contributed by atoms with van der Waals surface area (Å²) in [5.41, 5.74) is 1.92. The second-order valence-electron chi connectivity index (χ2n) is 6.45. The van der Waals surface area contributed by atoms with Crippen LogP contribution in [0.15, 0.2) is 60.7 Å². The molecule has 2 aromatic carbocycles. The van der Waals surface area contributed by atoms with Gasteiger partial charge in [0.05, 0.1) is 0 Å². The molecule has 0 radical (unpaired) electrons. The number of amides is 2. The normalized spacial score (nSPS) is 12.9. The van der Waals surface area contributed by atoms with E-state index in [1.54, 1.807) is 4.90 Å². The molecule has 26 heavy (non-hydrogen) atoms. The first-order valence-corrected chi connectivity index (χ1v) is 9.24. The Hall–Kier alpha value is -2.62. The van der Waals surface area contributed by atoms with Crippen LogP contribution in [0.4, 0.5) is 0 Å². The van der Waals surface area contributed by atoms with Gasteiger partial charge >= 0.3 is 0 Å². The Bertz CT molecular complexity index is 697. The molecule has 0 aromatic heterocycles. The van der Waals surface area contributed by atoms with E-state index < -0.39 is 6.04 Å².